The number of anilines is 3. The summed E-state index contributed by atoms with van der Waals surface area (Å²) in [6.45, 7) is 9.56. The Morgan fingerprint density at radius 3 is 2.05 bits per heavy atom. The van der Waals surface area contributed by atoms with Gasteiger partial charge in [0.1, 0.15) is 5.60 Å². The van der Waals surface area contributed by atoms with Crippen molar-refractivity contribution in [1.82, 2.24) is 4.90 Å². The summed E-state index contributed by atoms with van der Waals surface area (Å²) >= 11 is 0. The number of nitrogens with zero attached hydrogens (tertiary/aromatic N) is 2. The minimum absolute atomic E-state index is 0.345. The van der Waals surface area contributed by atoms with Crippen molar-refractivity contribution in [2.45, 2.75) is 26.4 Å². The Bertz CT molecular complexity index is 1180. The van der Waals surface area contributed by atoms with Gasteiger partial charge in [0.2, 0.25) is 0 Å². The average molecular weight is 505 g/mol. The standard InChI is InChI=1S/C17H20N2O2.C12H16N2O2/c1-17(2,3)21-16(20)19-15-10-9-13(11-14(15)18)12-7-5-4-6-8-12;1-13-6-8-14(9-7-13)11-4-2-10(3-5-11)12(15)16/h4-11H,18H2,1-3H3,(H,19,20);2-5H,6-9H2,1H3,(H,15,16). The predicted molar refractivity (Wildman–Crippen MR) is 149 cm³/mol. The molecule has 0 spiro atoms. The maximum Gasteiger partial charge on any atom is 0.412 e. The molecule has 8 nitrogen and oxygen atoms in total. The number of nitrogen functional groups attached to an aromatic ring is 1. The number of carboxylic acid groups (broad SMARTS) is 1. The van der Waals surface area contributed by atoms with Crippen LogP contribution in [0.5, 0.6) is 0 Å². The summed E-state index contributed by atoms with van der Waals surface area (Å²) < 4.78 is 5.21. The van der Waals surface area contributed by atoms with Gasteiger partial charge in [0.25, 0.3) is 0 Å². The van der Waals surface area contributed by atoms with E-state index >= 15 is 0 Å². The Balaban J connectivity index is 0.000000213. The van der Waals surface area contributed by atoms with E-state index in [1.54, 1.807) is 18.2 Å². The van der Waals surface area contributed by atoms with E-state index < -0.39 is 17.7 Å². The molecule has 0 radical (unpaired) electrons. The van der Waals surface area contributed by atoms with Gasteiger partial charge in [-0.15, -0.1) is 0 Å². The van der Waals surface area contributed by atoms with Crippen LogP contribution in [-0.2, 0) is 4.74 Å². The number of piperazine rings is 1. The van der Waals surface area contributed by atoms with Crippen LogP contribution in [0.3, 0.4) is 0 Å². The van der Waals surface area contributed by atoms with Crippen molar-refractivity contribution in [1.29, 1.82) is 0 Å². The lowest BCUT2D eigenvalue weighted by Gasteiger charge is -2.34. The SMILES string of the molecule is CC(C)(C)OC(=O)Nc1ccc(-c2ccccc2)cc1N.CN1CCN(c2ccc(C(=O)O)cc2)CC1. The largest absolute Gasteiger partial charge is 0.478 e. The molecule has 1 saturated heterocycles. The predicted octanol–water partition coefficient (Wildman–Crippen LogP) is 5.42. The fourth-order valence-electron chi connectivity index (χ4n) is 3.78. The summed E-state index contributed by atoms with van der Waals surface area (Å²) in [5.74, 6) is -0.870. The monoisotopic (exact) mass is 504 g/mol. The van der Waals surface area contributed by atoms with E-state index in [9.17, 15) is 9.59 Å². The third-order valence-electron chi connectivity index (χ3n) is 5.78. The van der Waals surface area contributed by atoms with Crippen LogP contribution >= 0.6 is 0 Å². The number of carbonyl (C=O) groups excluding carboxylic acids is 1. The topological polar surface area (TPSA) is 108 Å². The third-order valence-corrected chi connectivity index (χ3v) is 5.78. The summed E-state index contributed by atoms with van der Waals surface area (Å²) in [6, 6.07) is 22.5. The van der Waals surface area contributed by atoms with E-state index in [1.165, 1.54) is 0 Å². The Morgan fingerprint density at radius 1 is 0.892 bits per heavy atom. The first-order valence-corrected chi connectivity index (χ1v) is 12.2. The minimum atomic E-state index is -0.870. The summed E-state index contributed by atoms with van der Waals surface area (Å²) in [7, 11) is 2.12. The molecular formula is C29H36N4O4. The van der Waals surface area contributed by atoms with Gasteiger partial charge in [0.15, 0.2) is 0 Å². The van der Waals surface area contributed by atoms with Crippen molar-refractivity contribution >= 4 is 29.1 Å². The minimum Gasteiger partial charge on any atom is -0.478 e. The number of carboxylic acids is 1. The molecule has 1 amide bonds. The molecule has 0 bridgehead atoms. The molecule has 37 heavy (non-hydrogen) atoms. The lowest BCUT2D eigenvalue weighted by Crippen LogP contribution is -2.44. The first-order chi connectivity index (χ1) is 17.5. The van der Waals surface area contributed by atoms with Gasteiger partial charge < -0.3 is 25.4 Å². The number of amides is 1. The van der Waals surface area contributed by atoms with E-state index in [0.717, 1.165) is 43.0 Å². The Hall–Kier alpha value is -4.04. The molecule has 0 aromatic heterocycles. The van der Waals surface area contributed by atoms with Crippen LogP contribution in [0.15, 0.2) is 72.8 Å². The number of nitrogens with one attached hydrogen (secondary N) is 1. The highest BCUT2D eigenvalue weighted by molar-refractivity contribution is 5.90. The number of nitrogens with two attached hydrogens (primary N) is 1. The fraction of sp³-hybridized carbons (Fsp3) is 0.310. The summed E-state index contributed by atoms with van der Waals surface area (Å²) in [5, 5.41) is 11.5. The van der Waals surface area contributed by atoms with E-state index in [2.05, 4.69) is 22.2 Å². The first-order valence-electron chi connectivity index (χ1n) is 12.2. The van der Waals surface area contributed by atoms with Crippen molar-refractivity contribution in [2.24, 2.45) is 0 Å². The normalized spacial score (nSPS) is 13.8. The molecule has 1 aliphatic rings. The number of ether oxygens (including phenoxy) is 1. The number of hydrogen-bond donors (Lipinski definition) is 3. The van der Waals surface area contributed by atoms with Crippen LogP contribution in [-0.4, -0.2) is 60.9 Å². The lowest BCUT2D eigenvalue weighted by atomic mass is 10.0. The second-order valence-corrected chi connectivity index (χ2v) is 9.94. The van der Waals surface area contributed by atoms with Crippen molar-refractivity contribution in [3.8, 4) is 11.1 Å². The van der Waals surface area contributed by atoms with Crippen molar-refractivity contribution < 1.29 is 19.4 Å². The third kappa shape index (κ3) is 8.54. The van der Waals surface area contributed by atoms with Crippen LogP contribution in [0.4, 0.5) is 21.9 Å². The Morgan fingerprint density at radius 2 is 1.51 bits per heavy atom. The molecule has 4 N–H and O–H groups in total. The summed E-state index contributed by atoms with van der Waals surface area (Å²) in [6.07, 6.45) is -0.512. The van der Waals surface area contributed by atoms with Crippen LogP contribution in [0, 0.1) is 0 Å². The Kier molecular flexibility index (Phi) is 9.14. The zero-order valence-electron chi connectivity index (χ0n) is 21.9. The molecular weight excluding hydrogens is 468 g/mol. The zero-order valence-corrected chi connectivity index (χ0v) is 21.9. The number of aromatic carboxylic acids is 1. The molecule has 1 aliphatic heterocycles. The van der Waals surface area contributed by atoms with Crippen LogP contribution < -0.4 is 16.0 Å². The molecule has 1 fully saturated rings. The second-order valence-electron chi connectivity index (χ2n) is 9.94. The van der Waals surface area contributed by atoms with Gasteiger partial charge in [-0.05, 0) is 75.3 Å². The first kappa shape index (κ1) is 27.5. The van der Waals surface area contributed by atoms with Crippen LogP contribution in [0.1, 0.15) is 31.1 Å². The highest BCUT2D eigenvalue weighted by Gasteiger charge is 2.17. The molecule has 0 aliphatic carbocycles. The molecule has 1 heterocycles. The molecule has 3 aromatic carbocycles. The number of likely N-dealkylation sites (N-methyl/N-ethyl adjacent to an activating group) is 1. The van der Waals surface area contributed by atoms with E-state index in [4.69, 9.17) is 15.6 Å². The van der Waals surface area contributed by atoms with Crippen molar-refractivity contribution in [3.63, 3.8) is 0 Å². The highest BCUT2D eigenvalue weighted by Crippen LogP contribution is 2.27. The van der Waals surface area contributed by atoms with Gasteiger partial charge >= 0.3 is 12.1 Å². The number of benzene rings is 3. The fourth-order valence-corrected chi connectivity index (χ4v) is 3.78. The van der Waals surface area contributed by atoms with Crippen molar-refractivity contribution in [3.05, 3.63) is 78.4 Å². The maximum absolute atomic E-state index is 11.7. The maximum atomic E-state index is 11.7. The van der Waals surface area contributed by atoms with Gasteiger partial charge in [0, 0.05) is 31.9 Å². The van der Waals surface area contributed by atoms with Gasteiger partial charge in [-0.25, -0.2) is 9.59 Å². The quantitative estimate of drug-likeness (QED) is 0.407. The molecule has 0 atom stereocenters. The van der Waals surface area contributed by atoms with Gasteiger partial charge in [0.05, 0.1) is 16.9 Å². The molecule has 4 rings (SSSR count). The molecule has 8 heteroatoms. The van der Waals surface area contributed by atoms with E-state index in [0.29, 0.717) is 16.9 Å². The van der Waals surface area contributed by atoms with Crippen molar-refractivity contribution in [2.75, 3.05) is 49.2 Å². The Labute approximate surface area is 218 Å². The molecule has 3 aromatic rings. The van der Waals surface area contributed by atoms with Crippen LogP contribution in [0.25, 0.3) is 11.1 Å². The zero-order chi connectivity index (χ0) is 27.0. The van der Waals surface area contributed by atoms with Crippen LogP contribution in [0.2, 0.25) is 0 Å². The smallest absolute Gasteiger partial charge is 0.412 e. The van der Waals surface area contributed by atoms with E-state index in [-0.39, 0.29) is 0 Å². The number of hydrogen-bond acceptors (Lipinski definition) is 6. The van der Waals surface area contributed by atoms with E-state index in [1.807, 2.05) is 75.4 Å². The second kappa shape index (κ2) is 12.3. The average Bonchev–Trinajstić information content (AvgIpc) is 2.86. The number of carbonyl (C=O) groups is 2. The lowest BCUT2D eigenvalue weighted by molar-refractivity contribution is 0.0634. The molecule has 196 valence electrons. The molecule has 0 saturated carbocycles. The van der Waals surface area contributed by atoms with Gasteiger partial charge in [-0.2, -0.15) is 0 Å². The highest BCUT2D eigenvalue weighted by atomic mass is 16.6. The molecule has 0 unspecified atom stereocenters. The summed E-state index contributed by atoms with van der Waals surface area (Å²) in [5.41, 5.74) is 10.0. The van der Waals surface area contributed by atoms with Gasteiger partial charge in [-0.1, -0.05) is 36.4 Å². The number of rotatable bonds is 4. The van der Waals surface area contributed by atoms with Gasteiger partial charge in [-0.3, -0.25) is 5.32 Å². The summed E-state index contributed by atoms with van der Waals surface area (Å²) in [4.78, 5) is 27.0.